The fraction of sp³-hybridized carbons (Fsp3) is 0.633. The van der Waals surface area contributed by atoms with E-state index >= 15 is 4.79 Å². The number of fused-ring (bicyclic) bond motifs is 3. The van der Waals surface area contributed by atoms with E-state index in [1.54, 1.807) is 0 Å². The quantitative estimate of drug-likeness (QED) is 0.186. The summed E-state index contributed by atoms with van der Waals surface area (Å²) < 4.78 is 0. The van der Waals surface area contributed by atoms with Gasteiger partial charge in [0.2, 0.25) is 0 Å². The van der Waals surface area contributed by atoms with Crippen molar-refractivity contribution < 1.29 is 19.8 Å². The summed E-state index contributed by atoms with van der Waals surface area (Å²) in [5.41, 5.74) is 1.48. The summed E-state index contributed by atoms with van der Waals surface area (Å²) in [5, 5.41) is 27.6. The maximum Gasteiger partial charge on any atom is 0.317 e. The van der Waals surface area contributed by atoms with Crippen LogP contribution < -0.4 is 5.32 Å². The molecule has 6 fully saturated rings. The summed E-state index contributed by atoms with van der Waals surface area (Å²) >= 11 is 0. The molecule has 1 unspecified atom stereocenters. The Morgan fingerprint density at radius 3 is 2.20 bits per heavy atom. The van der Waals surface area contributed by atoms with Gasteiger partial charge in [-0.2, -0.15) is 0 Å². The molecule has 2 amide bonds. The number of hydrogen-bond donors (Lipinski definition) is 3. The number of amides is 2. The van der Waals surface area contributed by atoms with Crippen LogP contribution in [0.15, 0.2) is 78.4 Å². The first-order valence-corrected chi connectivity index (χ1v) is 21.7. The van der Waals surface area contributed by atoms with Gasteiger partial charge in [0.05, 0.1) is 18.2 Å². The van der Waals surface area contributed by atoms with Crippen LogP contribution in [-0.4, -0.2) is 57.8 Å². The molecule has 6 heteroatoms. The summed E-state index contributed by atoms with van der Waals surface area (Å²) in [6.07, 6.45) is 15.8. The number of aliphatic hydroxyl groups excluding tert-OH is 1. The molecular weight excluding hydrogens is 681 g/mol. The van der Waals surface area contributed by atoms with Crippen LogP contribution in [-0.2, 0) is 0 Å². The lowest BCUT2D eigenvalue weighted by Crippen LogP contribution is -2.67. The van der Waals surface area contributed by atoms with Crippen LogP contribution in [0, 0.1) is 56.7 Å². The van der Waals surface area contributed by atoms with Gasteiger partial charge < -0.3 is 20.4 Å². The predicted molar refractivity (Wildman–Crippen MR) is 218 cm³/mol. The Kier molecular flexibility index (Phi) is 8.59. The number of hydrogen-bond acceptors (Lipinski definition) is 4. The van der Waals surface area contributed by atoms with E-state index in [-0.39, 0.29) is 40.5 Å². The number of nitrogens with one attached hydrogen (secondary N) is 1. The van der Waals surface area contributed by atoms with Gasteiger partial charge in [0, 0.05) is 40.0 Å². The van der Waals surface area contributed by atoms with Crippen molar-refractivity contribution in [2.75, 3.05) is 13.1 Å². The topological polar surface area (TPSA) is 89.9 Å². The number of aliphatic hydroxyl groups is 2. The Labute approximate surface area is 329 Å². The molecule has 0 heterocycles. The predicted octanol–water partition coefficient (Wildman–Crippen LogP) is 9.62. The van der Waals surface area contributed by atoms with E-state index in [9.17, 15) is 15.0 Å². The smallest absolute Gasteiger partial charge is 0.317 e. The Hall–Kier alpha value is -3.22. The molecule has 3 N–H and O–H groups in total. The molecule has 55 heavy (non-hydrogen) atoms. The summed E-state index contributed by atoms with van der Waals surface area (Å²) in [6.45, 7) is 14.6. The molecule has 2 spiro atoms. The van der Waals surface area contributed by atoms with Crippen LogP contribution >= 0.6 is 0 Å². The lowest BCUT2D eigenvalue weighted by Gasteiger charge is -2.71. The SMILES string of the molecule is CC(C)NC(=O)N(C[C@@H]1CC[C@H]2C[C@@H]1C2(C)C)C[C@]1(O)CC[C@H]2[C@]34C=C[C@@]5(C=C3C(=O)c3ccc(-c6ccccc6)cc3)CC(O)CC[C@]5(C)[C@H]4CC[C@@]21C. The number of allylic oxidation sites excluding steroid dienone is 4. The van der Waals surface area contributed by atoms with Gasteiger partial charge in [-0.1, -0.05) is 101 Å². The molecule has 294 valence electrons. The van der Waals surface area contributed by atoms with Gasteiger partial charge in [0.25, 0.3) is 0 Å². The van der Waals surface area contributed by atoms with Crippen LogP contribution in [0.1, 0.15) is 116 Å². The largest absolute Gasteiger partial charge is 0.393 e. The van der Waals surface area contributed by atoms with Crippen molar-refractivity contribution in [1.82, 2.24) is 10.2 Å². The number of rotatable bonds is 8. The first kappa shape index (κ1) is 37.4. The second-order valence-corrected chi connectivity index (χ2v) is 20.8. The molecule has 6 saturated carbocycles. The summed E-state index contributed by atoms with van der Waals surface area (Å²) in [6, 6.07) is 18.3. The zero-order valence-corrected chi connectivity index (χ0v) is 34.1. The van der Waals surface area contributed by atoms with Crippen molar-refractivity contribution in [3.63, 3.8) is 0 Å². The molecule has 0 radical (unpaired) electrons. The molecule has 9 aliphatic carbocycles. The van der Waals surface area contributed by atoms with Gasteiger partial charge in [0.15, 0.2) is 5.78 Å². The Bertz CT molecular complexity index is 1920. The molecule has 2 aromatic carbocycles. The van der Waals surface area contributed by atoms with Crippen molar-refractivity contribution in [3.8, 4) is 11.1 Å². The molecule has 0 aliphatic heterocycles. The molecule has 0 aromatic heterocycles. The molecule has 9 aliphatic rings. The third kappa shape index (κ3) is 5.25. The lowest BCUT2D eigenvalue weighted by molar-refractivity contribution is -0.176. The minimum absolute atomic E-state index is 0.00636. The fourth-order valence-electron chi connectivity index (χ4n) is 14.5. The van der Waals surface area contributed by atoms with Gasteiger partial charge in [0.1, 0.15) is 0 Å². The number of carbonyl (C=O) groups is 2. The van der Waals surface area contributed by atoms with Gasteiger partial charge in [-0.05, 0) is 130 Å². The number of carbonyl (C=O) groups excluding carboxylic acids is 2. The highest BCUT2D eigenvalue weighted by atomic mass is 16.3. The first-order valence-electron chi connectivity index (χ1n) is 21.7. The van der Waals surface area contributed by atoms with E-state index in [1.807, 2.05) is 49.1 Å². The molecule has 11 atom stereocenters. The van der Waals surface area contributed by atoms with Crippen LogP contribution in [0.3, 0.4) is 0 Å². The van der Waals surface area contributed by atoms with Gasteiger partial charge in [-0.3, -0.25) is 4.79 Å². The molecule has 6 nitrogen and oxygen atoms in total. The van der Waals surface area contributed by atoms with Gasteiger partial charge in [-0.15, -0.1) is 0 Å². The highest BCUT2D eigenvalue weighted by Crippen LogP contribution is 2.78. The average molecular weight is 745 g/mol. The second kappa shape index (κ2) is 12.6. The lowest BCUT2D eigenvalue weighted by atomic mass is 9.32. The molecule has 2 aromatic rings. The van der Waals surface area contributed by atoms with Gasteiger partial charge in [-0.25, -0.2) is 4.79 Å². The Balaban J connectivity index is 1.08. The van der Waals surface area contributed by atoms with Crippen molar-refractivity contribution >= 4 is 11.8 Å². The fourth-order valence-corrected chi connectivity index (χ4v) is 14.5. The zero-order valence-electron chi connectivity index (χ0n) is 34.1. The van der Waals surface area contributed by atoms with Crippen LogP contribution in [0.4, 0.5) is 4.79 Å². The third-order valence-electron chi connectivity index (χ3n) is 17.8. The average Bonchev–Trinajstić information content (AvgIpc) is 3.44. The number of ketones is 1. The summed E-state index contributed by atoms with van der Waals surface area (Å²) in [4.78, 5) is 31.3. The van der Waals surface area contributed by atoms with Crippen LogP contribution in [0.2, 0.25) is 0 Å². The molecule has 0 saturated heterocycles. The number of benzene rings is 2. The zero-order chi connectivity index (χ0) is 38.8. The monoisotopic (exact) mass is 744 g/mol. The van der Waals surface area contributed by atoms with E-state index < -0.39 is 22.5 Å². The van der Waals surface area contributed by atoms with Crippen molar-refractivity contribution in [1.29, 1.82) is 0 Å². The summed E-state index contributed by atoms with van der Waals surface area (Å²) in [7, 11) is 0. The number of Topliss-reactive ketones (excluding diaryl/α,β-unsaturated/α-hetero) is 1. The van der Waals surface area contributed by atoms with E-state index in [0.717, 1.165) is 61.1 Å². The Morgan fingerprint density at radius 1 is 0.836 bits per heavy atom. The van der Waals surface area contributed by atoms with Crippen LogP contribution in [0.25, 0.3) is 11.1 Å². The standard InChI is InChI=1S/C49H64N2O4/c1-31(2)50-43(54)51(29-35-16-17-36-26-38(35)44(36,3)4)30-48(55)23-20-41-46(48,6)22-19-40-45(5)21-18-37(52)27-47(45)24-25-49(40,41)39(28-47)42(53)34-14-12-33(13-15-34)32-10-8-7-9-11-32/h7-15,24-25,28,31,35-38,40-41,52,55H,16-23,26-27,29-30H2,1-6H3,(H,50,54)/t35-,36-,37?,38-,40+,41+,45+,46-,47-,48+,49+/m0/s1. The van der Waals surface area contributed by atoms with Crippen molar-refractivity contribution in [2.45, 2.75) is 123 Å². The minimum atomic E-state index is -1.09. The van der Waals surface area contributed by atoms with Crippen molar-refractivity contribution in [2.24, 2.45) is 56.7 Å². The first-order chi connectivity index (χ1) is 26.1. The number of urea groups is 1. The van der Waals surface area contributed by atoms with E-state index in [4.69, 9.17) is 0 Å². The molecule has 11 rings (SSSR count). The highest BCUT2D eigenvalue weighted by molar-refractivity contribution is 6.10. The molecular formula is C49H64N2O4. The third-order valence-corrected chi connectivity index (χ3v) is 17.8. The minimum Gasteiger partial charge on any atom is -0.393 e. The van der Waals surface area contributed by atoms with E-state index in [1.165, 1.54) is 12.8 Å². The van der Waals surface area contributed by atoms with E-state index in [0.29, 0.717) is 48.7 Å². The van der Waals surface area contributed by atoms with Crippen molar-refractivity contribution in [3.05, 3.63) is 84.0 Å². The normalized spacial score (nSPS) is 41.7. The molecule has 4 bridgehead atoms. The Morgan fingerprint density at radius 2 is 1.51 bits per heavy atom. The second-order valence-electron chi connectivity index (χ2n) is 20.8. The van der Waals surface area contributed by atoms with Crippen LogP contribution in [0.5, 0.6) is 0 Å². The highest BCUT2D eigenvalue weighted by Gasteiger charge is 2.74. The number of nitrogens with zero attached hydrogens (tertiary/aromatic N) is 1. The van der Waals surface area contributed by atoms with E-state index in [2.05, 4.69) is 75.5 Å². The maximum atomic E-state index is 15.2. The maximum absolute atomic E-state index is 15.2. The summed E-state index contributed by atoms with van der Waals surface area (Å²) in [5.74, 6) is 2.18. The van der Waals surface area contributed by atoms with Gasteiger partial charge >= 0.3 is 6.03 Å².